The van der Waals surface area contributed by atoms with Crippen LogP contribution in [-0.4, -0.2) is 22.9 Å². The molecule has 4 rings (SSSR count). The molecule has 0 fully saturated rings. The molecule has 5 nitrogen and oxygen atoms in total. The highest BCUT2D eigenvalue weighted by Crippen LogP contribution is 2.41. The molecule has 0 aliphatic rings. The van der Waals surface area contributed by atoms with Crippen molar-refractivity contribution in [2.45, 2.75) is 19.6 Å². The van der Waals surface area contributed by atoms with Crippen LogP contribution >= 0.6 is 34.8 Å². The monoisotopic (exact) mass is 568 g/mol. The summed E-state index contributed by atoms with van der Waals surface area (Å²) in [7, 11) is 0. The Balaban J connectivity index is 1.92. The first-order valence-electron chi connectivity index (χ1n) is 10.9. The van der Waals surface area contributed by atoms with Crippen molar-refractivity contribution >= 4 is 63.1 Å². The second-order valence-electron chi connectivity index (χ2n) is 7.95. The van der Waals surface area contributed by atoms with E-state index in [1.165, 1.54) is 54.6 Å². The number of carbonyl (C=O) groups excluding carboxylic acids is 2. The Labute approximate surface area is 224 Å². The maximum absolute atomic E-state index is 14.6. The molecule has 3 aromatic carbocycles. The number of halogens is 6. The van der Waals surface area contributed by atoms with E-state index < -0.39 is 29.1 Å². The average molecular weight is 570 g/mol. The summed E-state index contributed by atoms with van der Waals surface area (Å²) in [6.45, 7) is 1.62. The minimum atomic E-state index is -5.00. The smallest absolute Gasteiger partial charge is 0.432 e. The van der Waals surface area contributed by atoms with Gasteiger partial charge < -0.3 is 14.6 Å². The number of carbonyl (C=O) groups is 2. The summed E-state index contributed by atoms with van der Waals surface area (Å²) in [6.07, 6.45) is -5.00. The molecule has 192 valence electrons. The van der Waals surface area contributed by atoms with Crippen LogP contribution < -0.4 is 10.1 Å². The fourth-order valence-electron chi connectivity index (χ4n) is 3.97. The molecule has 0 atom stereocenters. The third kappa shape index (κ3) is 5.71. The maximum Gasteiger partial charge on any atom is 0.432 e. The number of hydrogen-bond donors (Lipinski definition) is 1. The Morgan fingerprint density at radius 1 is 0.973 bits per heavy atom. The number of rotatable bonds is 7. The highest BCUT2D eigenvalue weighted by atomic mass is 35.5. The van der Waals surface area contributed by atoms with Crippen molar-refractivity contribution < 1.29 is 27.5 Å². The van der Waals surface area contributed by atoms with Crippen molar-refractivity contribution in [3.05, 3.63) is 92.6 Å². The standard InChI is InChI=1S/C26H18Cl3F3N2O3/c1-2-37-18-8-9-21-19(12-18)22(23(35)25(36)33-17-5-3-4-15(27)10-17)24(26(30,31)32)34(21)13-14-6-7-16(28)11-20(14)29/h3-12H,2,13H2,1H3,(H,33,36). The van der Waals surface area contributed by atoms with E-state index in [1.807, 2.05) is 0 Å². The van der Waals surface area contributed by atoms with Crippen molar-refractivity contribution in [3.8, 4) is 5.75 Å². The molecule has 0 unspecified atom stereocenters. The van der Waals surface area contributed by atoms with Crippen molar-refractivity contribution in [2.75, 3.05) is 11.9 Å². The van der Waals surface area contributed by atoms with Gasteiger partial charge in [0, 0.05) is 38.2 Å². The van der Waals surface area contributed by atoms with E-state index in [0.29, 0.717) is 10.6 Å². The number of amides is 1. The molecule has 0 saturated heterocycles. The Morgan fingerprint density at radius 3 is 2.35 bits per heavy atom. The van der Waals surface area contributed by atoms with Crippen LogP contribution in [0, 0.1) is 0 Å². The minimum Gasteiger partial charge on any atom is -0.494 e. The summed E-state index contributed by atoms with van der Waals surface area (Å²) in [5, 5.41) is 2.98. The Hall–Kier alpha value is -3.20. The number of aromatic nitrogens is 1. The summed E-state index contributed by atoms with van der Waals surface area (Å²) in [6, 6.07) is 14.5. The second kappa shape index (κ2) is 10.7. The molecule has 1 N–H and O–H groups in total. The predicted octanol–water partition coefficient (Wildman–Crippen LogP) is 7.89. The lowest BCUT2D eigenvalue weighted by Gasteiger charge is -2.16. The van der Waals surface area contributed by atoms with Gasteiger partial charge in [-0.25, -0.2) is 0 Å². The van der Waals surface area contributed by atoms with Crippen LogP contribution in [0.25, 0.3) is 10.9 Å². The zero-order valence-electron chi connectivity index (χ0n) is 19.1. The third-order valence-corrected chi connectivity index (χ3v) is 6.30. The van der Waals surface area contributed by atoms with Gasteiger partial charge in [0.05, 0.1) is 12.2 Å². The molecular weight excluding hydrogens is 552 g/mol. The first-order valence-corrected chi connectivity index (χ1v) is 12.0. The number of nitrogens with zero attached hydrogens (tertiary/aromatic N) is 1. The lowest BCUT2D eigenvalue weighted by Crippen LogP contribution is -2.26. The zero-order valence-corrected chi connectivity index (χ0v) is 21.4. The van der Waals surface area contributed by atoms with Gasteiger partial charge >= 0.3 is 6.18 Å². The fraction of sp³-hybridized carbons (Fsp3) is 0.154. The summed E-state index contributed by atoms with van der Waals surface area (Å²) in [5.41, 5.74) is -1.52. The Morgan fingerprint density at radius 2 is 1.70 bits per heavy atom. The Kier molecular flexibility index (Phi) is 7.73. The van der Waals surface area contributed by atoms with E-state index in [4.69, 9.17) is 39.5 Å². The highest BCUT2D eigenvalue weighted by Gasteiger charge is 2.42. The fourth-order valence-corrected chi connectivity index (χ4v) is 4.63. The van der Waals surface area contributed by atoms with Gasteiger partial charge in [0.25, 0.3) is 11.7 Å². The molecule has 0 saturated carbocycles. The summed E-state index contributed by atoms with van der Waals surface area (Å²) < 4.78 is 50.0. The quantitative estimate of drug-likeness (QED) is 0.182. The molecule has 11 heteroatoms. The van der Waals surface area contributed by atoms with Gasteiger partial charge in [0.1, 0.15) is 11.4 Å². The molecule has 0 aliphatic heterocycles. The first kappa shape index (κ1) is 26.9. The van der Waals surface area contributed by atoms with Crippen molar-refractivity contribution in [2.24, 2.45) is 0 Å². The van der Waals surface area contributed by atoms with Gasteiger partial charge in [-0.1, -0.05) is 46.9 Å². The SMILES string of the molecule is CCOc1ccc2c(c1)c(C(=O)C(=O)Nc1cccc(Cl)c1)c(C(F)(F)F)n2Cc1ccc(Cl)cc1Cl. The number of ether oxygens (including phenoxy) is 1. The van der Waals surface area contributed by atoms with E-state index >= 15 is 0 Å². The average Bonchev–Trinajstić information content (AvgIpc) is 3.14. The summed E-state index contributed by atoms with van der Waals surface area (Å²) in [5.74, 6) is -2.38. The van der Waals surface area contributed by atoms with E-state index in [0.717, 1.165) is 4.57 Å². The minimum absolute atomic E-state index is 0.0701. The number of hydrogen-bond acceptors (Lipinski definition) is 3. The number of alkyl halides is 3. The van der Waals surface area contributed by atoms with E-state index in [2.05, 4.69) is 5.32 Å². The summed E-state index contributed by atoms with van der Waals surface area (Å²) >= 11 is 18.1. The van der Waals surface area contributed by atoms with Crippen LogP contribution in [0.5, 0.6) is 5.75 Å². The lowest BCUT2D eigenvalue weighted by molar-refractivity contribution is -0.143. The topological polar surface area (TPSA) is 60.3 Å². The molecule has 0 radical (unpaired) electrons. The van der Waals surface area contributed by atoms with Crippen LogP contribution in [0.15, 0.2) is 60.7 Å². The molecule has 0 bridgehead atoms. The van der Waals surface area contributed by atoms with Crippen LogP contribution in [0.3, 0.4) is 0 Å². The van der Waals surface area contributed by atoms with Gasteiger partial charge in [0.15, 0.2) is 0 Å². The third-order valence-electron chi connectivity index (χ3n) is 5.47. The number of ketones is 1. The number of benzene rings is 3. The molecule has 1 aromatic heterocycles. The lowest BCUT2D eigenvalue weighted by atomic mass is 10.0. The molecule has 37 heavy (non-hydrogen) atoms. The Bertz CT molecular complexity index is 1520. The number of nitrogens with one attached hydrogen (secondary N) is 1. The predicted molar refractivity (Wildman–Crippen MR) is 138 cm³/mol. The highest BCUT2D eigenvalue weighted by molar-refractivity contribution is 6.49. The number of fused-ring (bicyclic) bond motifs is 1. The van der Waals surface area contributed by atoms with Gasteiger partial charge in [-0.3, -0.25) is 9.59 Å². The van der Waals surface area contributed by atoms with E-state index in [9.17, 15) is 22.8 Å². The van der Waals surface area contributed by atoms with Crippen LogP contribution in [-0.2, 0) is 17.5 Å². The molecule has 1 heterocycles. The van der Waals surface area contributed by atoms with Gasteiger partial charge in [-0.15, -0.1) is 0 Å². The second-order valence-corrected chi connectivity index (χ2v) is 9.23. The van der Waals surface area contributed by atoms with Gasteiger partial charge in [-0.2, -0.15) is 13.2 Å². The van der Waals surface area contributed by atoms with Crippen molar-refractivity contribution in [1.29, 1.82) is 0 Å². The maximum atomic E-state index is 14.6. The van der Waals surface area contributed by atoms with Crippen molar-refractivity contribution in [3.63, 3.8) is 0 Å². The molecule has 0 spiro atoms. The number of Topliss-reactive ketones (excluding diaryl/α,β-unsaturated/α-hetero) is 1. The van der Waals surface area contributed by atoms with Gasteiger partial charge in [-0.05, 0) is 61.0 Å². The zero-order chi connectivity index (χ0) is 26.9. The van der Waals surface area contributed by atoms with Crippen LogP contribution in [0.1, 0.15) is 28.5 Å². The molecular formula is C26H18Cl3F3N2O3. The largest absolute Gasteiger partial charge is 0.494 e. The normalized spacial score (nSPS) is 11.5. The number of anilines is 1. The van der Waals surface area contributed by atoms with E-state index in [1.54, 1.807) is 13.0 Å². The first-order chi connectivity index (χ1) is 17.5. The molecule has 4 aromatic rings. The van der Waals surface area contributed by atoms with E-state index in [-0.39, 0.29) is 45.5 Å². The van der Waals surface area contributed by atoms with Crippen LogP contribution in [0.4, 0.5) is 18.9 Å². The summed E-state index contributed by atoms with van der Waals surface area (Å²) in [4.78, 5) is 26.2. The van der Waals surface area contributed by atoms with Crippen LogP contribution in [0.2, 0.25) is 15.1 Å². The molecule has 0 aliphatic carbocycles. The van der Waals surface area contributed by atoms with Gasteiger partial charge in [0.2, 0.25) is 0 Å². The van der Waals surface area contributed by atoms with Crippen molar-refractivity contribution in [1.82, 2.24) is 4.57 Å². The molecule has 1 amide bonds.